The van der Waals surface area contributed by atoms with Crippen molar-refractivity contribution >= 4 is 21.4 Å². The van der Waals surface area contributed by atoms with E-state index in [1.807, 2.05) is 28.6 Å². The molecule has 0 aliphatic carbocycles. The highest BCUT2D eigenvalue weighted by Gasteiger charge is 1.95. The number of aromatic nitrogens is 3. The minimum absolute atomic E-state index is 0.902. The van der Waals surface area contributed by atoms with E-state index in [0.717, 1.165) is 21.4 Å². The highest BCUT2D eigenvalue weighted by Crippen LogP contribution is 2.06. The first-order valence-corrected chi connectivity index (χ1v) is 4.02. The third-order valence-corrected chi connectivity index (χ3v) is 2.18. The van der Waals surface area contributed by atoms with Gasteiger partial charge in [-0.3, -0.25) is 4.35 Å². The van der Waals surface area contributed by atoms with Crippen LogP contribution in [0.2, 0.25) is 0 Å². The Balaban J connectivity index is 2.93. The third-order valence-electron chi connectivity index (χ3n) is 1.52. The molecule has 0 spiro atoms. The maximum atomic E-state index is 3.97. The standard InChI is InChI=1S/C6H7N3Si/c10-9-6-4-2-1-3-5(6)7-8-9/h1-4H,10H3. The van der Waals surface area contributed by atoms with Crippen molar-refractivity contribution in [3.05, 3.63) is 24.3 Å². The molecule has 1 heterocycles. The Morgan fingerprint density at radius 2 is 2.10 bits per heavy atom. The molecule has 3 nitrogen and oxygen atoms in total. The molecule has 0 saturated heterocycles. The van der Waals surface area contributed by atoms with Gasteiger partial charge < -0.3 is 0 Å². The lowest BCUT2D eigenvalue weighted by Gasteiger charge is -1.87. The van der Waals surface area contributed by atoms with Gasteiger partial charge in [-0.15, -0.1) is 5.10 Å². The highest BCUT2D eigenvalue weighted by molar-refractivity contribution is 6.09. The number of hydrogen-bond acceptors (Lipinski definition) is 2. The lowest BCUT2D eigenvalue weighted by molar-refractivity contribution is 0.898. The summed E-state index contributed by atoms with van der Waals surface area (Å²) in [5.41, 5.74) is 2.12. The predicted molar refractivity (Wildman–Crippen MR) is 42.9 cm³/mol. The second kappa shape index (κ2) is 1.91. The van der Waals surface area contributed by atoms with E-state index in [1.165, 1.54) is 0 Å². The molecule has 4 heteroatoms. The summed E-state index contributed by atoms with van der Waals surface area (Å²) in [4.78, 5) is 0. The minimum Gasteiger partial charge on any atom is -0.285 e. The van der Waals surface area contributed by atoms with Crippen LogP contribution in [-0.2, 0) is 0 Å². The second-order valence-electron chi connectivity index (χ2n) is 2.20. The molecule has 0 fully saturated rings. The number of rotatable bonds is 0. The lowest BCUT2D eigenvalue weighted by Crippen LogP contribution is -1.92. The fourth-order valence-corrected chi connectivity index (χ4v) is 1.45. The van der Waals surface area contributed by atoms with Gasteiger partial charge >= 0.3 is 0 Å². The van der Waals surface area contributed by atoms with Crippen LogP contribution < -0.4 is 0 Å². The largest absolute Gasteiger partial charge is 0.285 e. The number of para-hydroxylation sites is 1. The molecule has 0 N–H and O–H groups in total. The Labute approximate surface area is 61.2 Å². The SMILES string of the molecule is [SiH3]n1nnc2ccccc21. The van der Waals surface area contributed by atoms with E-state index >= 15 is 0 Å². The van der Waals surface area contributed by atoms with Gasteiger partial charge in [0.15, 0.2) is 0 Å². The zero-order chi connectivity index (χ0) is 6.97. The van der Waals surface area contributed by atoms with Crippen molar-refractivity contribution in [3.63, 3.8) is 0 Å². The van der Waals surface area contributed by atoms with Crippen LogP contribution in [0.5, 0.6) is 0 Å². The summed E-state index contributed by atoms with van der Waals surface area (Å²) >= 11 is 0. The Kier molecular flexibility index (Phi) is 1.07. The third kappa shape index (κ3) is 0.656. The first kappa shape index (κ1) is 5.61. The minimum atomic E-state index is 0.902. The summed E-state index contributed by atoms with van der Waals surface area (Å²) in [6.07, 6.45) is 0. The molecule has 0 atom stereocenters. The summed E-state index contributed by atoms with van der Waals surface area (Å²) in [6, 6.07) is 7.97. The molecule has 0 unspecified atom stereocenters. The van der Waals surface area contributed by atoms with Gasteiger partial charge in [0.25, 0.3) is 0 Å². The van der Waals surface area contributed by atoms with Crippen LogP contribution in [0.15, 0.2) is 24.3 Å². The van der Waals surface area contributed by atoms with Gasteiger partial charge in [-0.25, -0.2) is 0 Å². The van der Waals surface area contributed by atoms with E-state index in [4.69, 9.17) is 0 Å². The van der Waals surface area contributed by atoms with Crippen molar-refractivity contribution < 1.29 is 0 Å². The topological polar surface area (TPSA) is 30.7 Å². The summed E-state index contributed by atoms with van der Waals surface area (Å²) in [5, 5.41) is 7.89. The van der Waals surface area contributed by atoms with E-state index < -0.39 is 0 Å². The second-order valence-corrected chi connectivity index (χ2v) is 3.05. The van der Waals surface area contributed by atoms with Crippen LogP contribution in [0.4, 0.5) is 0 Å². The number of fused-ring (bicyclic) bond motifs is 1. The Hall–Kier alpha value is -1.16. The summed E-state index contributed by atoms with van der Waals surface area (Å²) in [7, 11) is 0.902. The quantitative estimate of drug-likeness (QED) is 0.475. The van der Waals surface area contributed by atoms with Crippen molar-refractivity contribution in [3.8, 4) is 0 Å². The molecule has 1 aromatic carbocycles. The maximum Gasteiger partial charge on any atom is 0.141 e. The predicted octanol–water partition coefficient (Wildman–Crippen LogP) is -0.440. The Morgan fingerprint density at radius 1 is 1.30 bits per heavy atom. The fourth-order valence-electron chi connectivity index (χ4n) is 0.986. The average molecular weight is 149 g/mol. The van der Waals surface area contributed by atoms with Crippen LogP contribution in [0.25, 0.3) is 11.0 Å². The Bertz CT molecular complexity index is 355. The fraction of sp³-hybridized carbons (Fsp3) is 0. The van der Waals surface area contributed by atoms with Gasteiger partial charge in [-0.05, 0) is 12.1 Å². The zero-order valence-electron chi connectivity index (χ0n) is 5.65. The smallest absolute Gasteiger partial charge is 0.141 e. The lowest BCUT2D eigenvalue weighted by atomic mass is 10.3. The van der Waals surface area contributed by atoms with Gasteiger partial charge in [0.05, 0.1) is 5.52 Å². The van der Waals surface area contributed by atoms with E-state index in [2.05, 4.69) is 10.3 Å². The van der Waals surface area contributed by atoms with Gasteiger partial charge in [-0.1, -0.05) is 17.3 Å². The van der Waals surface area contributed by atoms with Crippen LogP contribution in [-0.4, -0.2) is 25.1 Å². The molecule has 50 valence electrons. The molecule has 10 heavy (non-hydrogen) atoms. The highest BCUT2D eigenvalue weighted by atomic mass is 28.2. The van der Waals surface area contributed by atoms with Crippen LogP contribution in [0, 0.1) is 0 Å². The number of benzene rings is 1. The first-order valence-electron chi connectivity index (χ1n) is 3.12. The summed E-state index contributed by atoms with van der Waals surface area (Å²) < 4.78 is 1.90. The van der Waals surface area contributed by atoms with Gasteiger partial charge in [0.2, 0.25) is 0 Å². The molecule has 0 radical (unpaired) electrons. The molecule has 0 saturated carbocycles. The van der Waals surface area contributed by atoms with E-state index in [-0.39, 0.29) is 0 Å². The first-order chi connectivity index (χ1) is 4.88. The van der Waals surface area contributed by atoms with E-state index in [9.17, 15) is 0 Å². The average Bonchev–Trinajstić information content (AvgIpc) is 2.34. The monoisotopic (exact) mass is 149 g/mol. The molecule has 2 aromatic rings. The van der Waals surface area contributed by atoms with Crippen LogP contribution in [0.1, 0.15) is 0 Å². The summed E-state index contributed by atoms with van der Waals surface area (Å²) in [5.74, 6) is 0. The zero-order valence-corrected chi connectivity index (χ0v) is 7.65. The molecule has 0 aliphatic rings. The van der Waals surface area contributed by atoms with Gasteiger partial charge in [0, 0.05) is 0 Å². The van der Waals surface area contributed by atoms with Crippen molar-refractivity contribution in [2.24, 2.45) is 0 Å². The van der Waals surface area contributed by atoms with Crippen molar-refractivity contribution in [1.29, 1.82) is 0 Å². The molecule has 1 aromatic heterocycles. The molecule has 2 rings (SSSR count). The number of hydrogen-bond donors (Lipinski definition) is 0. The molecule has 0 bridgehead atoms. The van der Waals surface area contributed by atoms with Crippen LogP contribution >= 0.6 is 0 Å². The normalized spacial score (nSPS) is 10.8. The molecule has 0 amide bonds. The Morgan fingerprint density at radius 3 is 2.90 bits per heavy atom. The number of nitrogens with zero attached hydrogens (tertiary/aromatic N) is 3. The van der Waals surface area contributed by atoms with Crippen LogP contribution in [0.3, 0.4) is 0 Å². The van der Waals surface area contributed by atoms with E-state index in [0.29, 0.717) is 0 Å². The van der Waals surface area contributed by atoms with E-state index in [1.54, 1.807) is 0 Å². The van der Waals surface area contributed by atoms with Crippen molar-refractivity contribution in [2.45, 2.75) is 0 Å². The molecule has 0 aliphatic heterocycles. The molecular formula is C6H7N3Si. The van der Waals surface area contributed by atoms with Crippen molar-refractivity contribution in [2.75, 3.05) is 0 Å². The van der Waals surface area contributed by atoms with Crippen molar-refractivity contribution in [1.82, 2.24) is 14.7 Å². The van der Waals surface area contributed by atoms with Gasteiger partial charge in [0.1, 0.15) is 15.9 Å². The maximum absolute atomic E-state index is 3.97. The molecular weight excluding hydrogens is 142 g/mol. The van der Waals surface area contributed by atoms with Gasteiger partial charge in [-0.2, -0.15) is 0 Å². The summed E-state index contributed by atoms with van der Waals surface area (Å²) in [6.45, 7) is 0.